The Labute approximate surface area is 98.7 Å². The fourth-order valence-corrected chi connectivity index (χ4v) is 1.52. The highest BCUT2D eigenvalue weighted by Gasteiger charge is 2.23. The third kappa shape index (κ3) is 2.43. The van der Waals surface area contributed by atoms with Crippen LogP contribution in [0.1, 0.15) is 40.3 Å². The van der Waals surface area contributed by atoms with E-state index in [1.165, 1.54) is 0 Å². The van der Waals surface area contributed by atoms with E-state index >= 15 is 0 Å². The molecule has 0 spiro atoms. The van der Waals surface area contributed by atoms with Crippen LogP contribution >= 0.6 is 0 Å². The molecule has 88 valence electrons. The number of aromatic nitrogens is 2. The minimum Gasteiger partial charge on any atom is -0.241 e. The molecule has 0 fully saturated rings. The number of hydrogen-bond donors (Lipinski definition) is 0. The molecule has 0 saturated carbocycles. The van der Waals surface area contributed by atoms with Crippen molar-refractivity contribution in [3.8, 4) is 0 Å². The molecule has 1 aromatic rings. The van der Waals surface area contributed by atoms with Crippen molar-refractivity contribution in [2.75, 3.05) is 0 Å². The first-order chi connectivity index (χ1) is 7.62. The Morgan fingerprint density at radius 3 is 2.56 bits per heavy atom. The van der Waals surface area contributed by atoms with Crippen LogP contribution < -0.4 is 0 Å². The summed E-state index contributed by atoms with van der Waals surface area (Å²) in [5, 5.41) is 4.22. The summed E-state index contributed by atoms with van der Waals surface area (Å²) >= 11 is 0. The first-order valence-electron chi connectivity index (χ1n) is 6.04. The maximum Gasteiger partial charge on any atom is 0.0658 e. The quantitative estimate of drug-likeness (QED) is 0.694. The molecular formula is C14H22N2. The standard InChI is InChI=1S/C12H16N2.C2H6/c1-10(2)12(3)6-4-11-5-8-13-14(11)9-7-12;1-2/h4-10H,1-3H3;1-2H3. The summed E-state index contributed by atoms with van der Waals surface area (Å²) in [6.45, 7) is 10.7. The molecule has 1 unspecified atom stereocenters. The molecule has 2 rings (SSSR count). The third-order valence-electron chi connectivity index (χ3n) is 3.13. The van der Waals surface area contributed by atoms with Crippen LogP contribution in [0.15, 0.2) is 24.4 Å². The van der Waals surface area contributed by atoms with E-state index in [9.17, 15) is 0 Å². The minimum atomic E-state index is 0.140. The van der Waals surface area contributed by atoms with Gasteiger partial charge in [-0.2, -0.15) is 5.10 Å². The summed E-state index contributed by atoms with van der Waals surface area (Å²) in [5.74, 6) is 0.597. The van der Waals surface area contributed by atoms with Crippen LogP contribution in [0.4, 0.5) is 0 Å². The predicted octanol–water partition coefficient (Wildman–Crippen LogP) is 4.07. The van der Waals surface area contributed by atoms with E-state index in [1.54, 1.807) is 0 Å². The van der Waals surface area contributed by atoms with Crippen LogP contribution in [0, 0.1) is 11.3 Å². The van der Waals surface area contributed by atoms with Gasteiger partial charge in [0, 0.05) is 17.8 Å². The minimum absolute atomic E-state index is 0.140. The summed E-state index contributed by atoms with van der Waals surface area (Å²) in [7, 11) is 0. The highest BCUT2D eigenvalue weighted by Crippen LogP contribution is 2.33. The van der Waals surface area contributed by atoms with Crippen molar-refractivity contribution in [3.63, 3.8) is 0 Å². The summed E-state index contributed by atoms with van der Waals surface area (Å²) in [4.78, 5) is 0. The molecule has 2 heterocycles. The van der Waals surface area contributed by atoms with Crippen molar-refractivity contribution >= 4 is 12.3 Å². The lowest BCUT2D eigenvalue weighted by Gasteiger charge is -2.25. The largest absolute Gasteiger partial charge is 0.241 e. The lowest BCUT2D eigenvalue weighted by atomic mass is 9.79. The van der Waals surface area contributed by atoms with Crippen molar-refractivity contribution in [2.45, 2.75) is 34.6 Å². The monoisotopic (exact) mass is 218 g/mol. The zero-order valence-electron chi connectivity index (χ0n) is 10.9. The van der Waals surface area contributed by atoms with Gasteiger partial charge in [-0.3, -0.25) is 0 Å². The molecule has 1 aliphatic rings. The fraction of sp³-hybridized carbons (Fsp3) is 0.500. The molecule has 0 N–H and O–H groups in total. The normalized spacial score (nSPS) is 22.4. The Kier molecular flexibility index (Phi) is 4.11. The predicted molar refractivity (Wildman–Crippen MR) is 70.9 cm³/mol. The lowest BCUT2D eigenvalue weighted by Crippen LogP contribution is -2.17. The van der Waals surface area contributed by atoms with Gasteiger partial charge < -0.3 is 0 Å². The maximum atomic E-state index is 4.22. The first kappa shape index (κ1) is 12.8. The van der Waals surface area contributed by atoms with Crippen molar-refractivity contribution in [3.05, 3.63) is 30.1 Å². The Balaban J connectivity index is 0.000000606. The van der Waals surface area contributed by atoms with Crippen molar-refractivity contribution < 1.29 is 0 Å². The molecule has 0 saturated heterocycles. The van der Waals surface area contributed by atoms with Crippen molar-refractivity contribution in [1.29, 1.82) is 0 Å². The van der Waals surface area contributed by atoms with E-state index in [0.29, 0.717) is 5.92 Å². The summed E-state index contributed by atoms with van der Waals surface area (Å²) in [6.07, 6.45) is 10.5. The fourth-order valence-electron chi connectivity index (χ4n) is 1.52. The molecule has 0 aliphatic carbocycles. The van der Waals surface area contributed by atoms with Gasteiger partial charge in [0.15, 0.2) is 0 Å². The molecule has 1 atom stereocenters. The van der Waals surface area contributed by atoms with E-state index < -0.39 is 0 Å². The highest BCUT2D eigenvalue weighted by molar-refractivity contribution is 5.53. The molecule has 0 amide bonds. The van der Waals surface area contributed by atoms with Crippen LogP contribution in [0.3, 0.4) is 0 Å². The van der Waals surface area contributed by atoms with Gasteiger partial charge in [0.1, 0.15) is 0 Å². The van der Waals surface area contributed by atoms with Gasteiger partial charge in [0.05, 0.1) is 5.69 Å². The van der Waals surface area contributed by atoms with Gasteiger partial charge in [0.2, 0.25) is 0 Å². The van der Waals surface area contributed by atoms with Crippen LogP contribution in [-0.2, 0) is 0 Å². The zero-order chi connectivity index (χ0) is 12.2. The molecule has 1 aliphatic heterocycles. The number of fused-ring (bicyclic) bond motifs is 1. The topological polar surface area (TPSA) is 17.8 Å². The number of hydrogen-bond acceptors (Lipinski definition) is 1. The van der Waals surface area contributed by atoms with Crippen molar-refractivity contribution in [1.82, 2.24) is 9.78 Å². The molecule has 0 bridgehead atoms. The summed E-state index contributed by atoms with van der Waals surface area (Å²) in [6, 6.07) is 2.02. The molecule has 16 heavy (non-hydrogen) atoms. The Morgan fingerprint density at radius 2 is 1.94 bits per heavy atom. The maximum absolute atomic E-state index is 4.22. The van der Waals surface area contributed by atoms with Crippen LogP contribution in [0.2, 0.25) is 0 Å². The second-order valence-corrected chi connectivity index (χ2v) is 4.37. The average Bonchev–Trinajstić information content (AvgIpc) is 2.67. The molecule has 0 aromatic carbocycles. The zero-order valence-corrected chi connectivity index (χ0v) is 10.9. The molecule has 1 aromatic heterocycles. The first-order valence-corrected chi connectivity index (χ1v) is 6.04. The van der Waals surface area contributed by atoms with Gasteiger partial charge in [0.25, 0.3) is 0 Å². The Morgan fingerprint density at radius 1 is 1.25 bits per heavy atom. The number of rotatable bonds is 1. The second-order valence-electron chi connectivity index (χ2n) is 4.37. The van der Waals surface area contributed by atoms with E-state index in [-0.39, 0.29) is 5.41 Å². The van der Waals surface area contributed by atoms with Gasteiger partial charge >= 0.3 is 0 Å². The molecule has 0 radical (unpaired) electrons. The average molecular weight is 218 g/mol. The third-order valence-corrected chi connectivity index (χ3v) is 3.13. The molecular weight excluding hydrogens is 196 g/mol. The van der Waals surface area contributed by atoms with E-state index in [2.05, 4.69) is 50.3 Å². The summed E-state index contributed by atoms with van der Waals surface area (Å²) in [5.41, 5.74) is 1.28. The highest BCUT2D eigenvalue weighted by atomic mass is 15.3. The van der Waals surface area contributed by atoms with Gasteiger partial charge in [-0.1, -0.05) is 46.8 Å². The Hall–Kier alpha value is -1.31. The van der Waals surface area contributed by atoms with Crippen LogP contribution in [0.25, 0.3) is 12.3 Å². The van der Waals surface area contributed by atoms with Crippen LogP contribution in [-0.4, -0.2) is 9.78 Å². The van der Waals surface area contributed by atoms with E-state index in [1.807, 2.05) is 30.8 Å². The van der Waals surface area contributed by atoms with E-state index in [4.69, 9.17) is 0 Å². The second kappa shape index (κ2) is 5.15. The number of nitrogens with zero attached hydrogens (tertiary/aromatic N) is 2. The molecule has 2 heteroatoms. The van der Waals surface area contributed by atoms with Gasteiger partial charge in [-0.05, 0) is 18.1 Å². The van der Waals surface area contributed by atoms with Crippen LogP contribution in [0.5, 0.6) is 0 Å². The Bertz CT molecular complexity index is 355. The number of allylic oxidation sites excluding steroid dienone is 2. The van der Waals surface area contributed by atoms with Gasteiger partial charge in [-0.25, -0.2) is 4.68 Å². The lowest BCUT2D eigenvalue weighted by molar-refractivity contribution is 0.386. The van der Waals surface area contributed by atoms with E-state index in [0.717, 1.165) is 5.69 Å². The molecule has 2 nitrogen and oxygen atoms in total. The van der Waals surface area contributed by atoms with Crippen molar-refractivity contribution in [2.24, 2.45) is 11.3 Å². The van der Waals surface area contributed by atoms with Gasteiger partial charge in [-0.15, -0.1) is 0 Å². The summed E-state index contributed by atoms with van der Waals surface area (Å²) < 4.78 is 1.91. The smallest absolute Gasteiger partial charge is 0.0658 e. The SMILES string of the molecule is CC.CC(C)C1(C)C=Cc2ccnn2C=C1.